The Kier molecular flexibility index (Phi) is 0.888. The van der Waals surface area contributed by atoms with E-state index in [1.54, 1.807) is 0 Å². The predicted octanol–water partition coefficient (Wildman–Crippen LogP) is 0.982. The molecule has 0 radical (unpaired) electrons. The van der Waals surface area contributed by atoms with Gasteiger partial charge in [0.25, 0.3) is 0 Å². The summed E-state index contributed by atoms with van der Waals surface area (Å²) in [5, 5.41) is 0. The van der Waals surface area contributed by atoms with Gasteiger partial charge in [-0.15, -0.1) is 0 Å². The van der Waals surface area contributed by atoms with Crippen LogP contribution in [0.15, 0.2) is 12.2 Å². The molecule has 0 aromatic rings. The molecular weight excluding hydrogens is 140 g/mol. The molecule has 3 aliphatic rings. The quantitative estimate of drug-likeness (QED) is 0.380. The van der Waals surface area contributed by atoms with Gasteiger partial charge in [0.05, 0.1) is 12.5 Å². The molecule has 2 heteroatoms. The molecule has 1 saturated carbocycles. The Morgan fingerprint density at radius 3 is 3.00 bits per heavy atom. The van der Waals surface area contributed by atoms with Crippen LogP contribution in [0.5, 0.6) is 0 Å². The van der Waals surface area contributed by atoms with Crippen LogP contribution in [0.1, 0.15) is 6.42 Å². The number of ether oxygens (including phenoxy) is 1. The van der Waals surface area contributed by atoms with Crippen LogP contribution in [-0.4, -0.2) is 12.6 Å². The minimum atomic E-state index is 0.0480. The Bertz CT molecular complexity index is 244. The molecule has 58 valence electrons. The first kappa shape index (κ1) is 5.81. The van der Waals surface area contributed by atoms with Crippen LogP contribution in [-0.2, 0) is 9.53 Å². The molecule has 0 aromatic heterocycles. The third-order valence-electron chi connectivity index (χ3n) is 3.31. The van der Waals surface area contributed by atoms with Crippen molar-refractivity contribution in [3.63, 3.8) is 0 Å². The predicted molar refractivity (Wildman–Crippen MR) is 38.7 cm³/mol. The fourth-order valence-corrected chi connectivity index (χ4v) is 2.78. The van der Waals surface area contributed by atoms with E-state index in [1.807, 2.05) is 0 Å². The number of carbonyl (C=O) groups is 1. The van der Waals surface area contributed by atoms with E-state index in [-0.39, 0.29) is 11.9 Å². The van der Waals surface area contributed by atoms with Crippen molar-refractivity contribution in [2.75, 3.05) is 6.61 Å². The van der Waals surface area contributed by atoms with Gasteiger partial charge in [0.15, 0.2) is 0 Å². The molecule has 3 rings (SSSR count). The van der Waals surface area contributed by atoms with E-state index in [0.717, 1.165) is 0 Å². The van der Waals surface area contributed by atoms with Crippen molar-refractivity contribution in [2.45, 2.75) is 6.42 Å². The second-order valence-electron chi connectivity index (χ2n) is 3.77. The van der Waals surface area contributed by atoms with Crippen molar-refractivity contribution in [3.05, 3.63) is 12.2 Å². The molecule has 0 aromatic carbocycles. The molecule has 0 amide bonds. The Hall–Kier alpha value is -0.790. The van der Waals surface area contributed by atoms with E-state index in [0.29, 0.717) is 24.4 Å². The Morgan fingerprint density at radius 2 is 2.18 bits per heavy atom. The summed E-state index contributed by atoms with van der Waals surface area (Å²) in [5.41, 5.74) is 0. The van der Waals surface area contributed by atoms with E-state index >= 15 is 0 Å². The van der Waals surface area contributed by atoms with Gasteiger partial charge in [0, 0.05) is 5.92 Å². The zero-order valence-electron chi connectivity index (χ0n) is 6.19. The highest BCUT2D eigenvalue weighted by Gasteiger charge is 2.52. The van der Waals surface area contributed by atoms with Crippen molar-refractivity contribution < 1.29 is 9.53 Å². The number of esters is 1. The number of carbonyl (C=O) groups excluding carboxylic acids is 1. The topological polar surface area (TPSA) is 26.3 Å². The van der Waals surface area contributed by atoms with Gasteiger partial charge in [-0.2, -0.15) is 0 Å². The van der Waals surface area contributed by atoms with Gasteiger partial charge in [-0.3, -0.25) is 4.79 Å². The molecule has 11 heavy (non-hydrogen) atoms. The van der Waals surface area contributed by atoms with Crippen LogP contribution in [0.25, 0.3) is 0 Å². The second kappa shape index (κ2) is 1.68. The molecule has 1 aliphatic heterocycles. The normalized spacial score (nSPS) is 51.5. The van der Waals surface area contributed by atoms with E-state index in [9.17, 15) is 4.79 Å². The summed E-state index contributed by atoms with van der Waals surface area (Å²) in [7, 11) is 0. The van der Waals surface area contributed by atoms with Crippen molar-refractivity contribution in [2.24, 2.45) is 23.7 Å². The highest BCUT2D eigenvalue weighted by molar-refractivity contribution is 5.76. The molecule has 2 fully saturated rings. The van der Waals surface area contributed by atoms with Gasteiger partial charge in [0.2, 0.25) is 0 Å². The summed E-state index contributed by atoms with van der Waals surface area (Å²) in [6.07, 6.45) is 5.65. The second-order valence-corrected chi connectivity index (χ2v) is 3.77. The van der Waals surface area contributed by atoms with Crippen LogP contribution in [0.2, 0.25) is 0 Å². The van der Waals surface area contributed by atoms with Crippen LogP contribution in [0.4, 0.5) is 0 Å². The monoisotopic (exact) mass is 150 g/mol. The zero-order valence-corrected chi connectivity index (χ0v) is 6.19. The fraction of sp³-hybridized carbons (Fsp3) is 0.667. The number of hydrogen-bond donors (Lipinski definition) is 0. The fourth-order valence-electron chi connectivity index (χ4n) is 2.78. The largest absolute Gasteiger partial charge is 0.465 e. The van der Waals surface area contributed by atoms with E-state index in [2.05, 4.69) is 12.2 Å². The lowest BCUT2D eigenvalue weighted by atomic mass is 9.86. The molecule has 1 heterocycles. The summed E-state index contributed by atoms with van der Waals surface area (Å²) in [5.74, 6) is 1.96. The lowest BCUT2D eigenvalue weighted by Gasteiger charge is -2.14. The summed E-state index contributed by atoms with van der Waals surface area (Å²) < 4.78 is 5.02. The number of cyclic esters (lactones) is 1. The van der Waals surface area contributed by atoms with Crippen LogP contribution < -0.4 is 0 Å². The zero-order chi connectivity index (χ0) is 7.42. The van der Waals surface area contributed by atoms with Gasteiger partial charge in [-0.05, 0) is 18.3 Å². The van der Waals surface area contributed by atoms with E-state index in [1.165, 1.54) is 6.42 Å². The molecule has 2 nitrogen and oxygen atoms in total. The molecule has 0 spiro atoms. The maximum absolute atomic E-state index is 11.2. The molecule has 2 bridgehead atoms. The lowest BCUT2D eigenvalue weighted by Crippen LogP contribution is -2.19. The first-order valence-corrected chi connectivity index (χ1v) is 4.21. The Labute approximate surface area is 65.2 Å². The first-order chi connectivity index (χ1) is 5.36. The SMILES string of the molecule is O=C1OCC2C1[C@@H]1C=C[C@H]2C1. The molecule has 2 aliphatic carbocycles. The maximum atomic E-state index is 11.2. The number of allylic oxidation sites excluding steroid dienone is 2. The highest BCUT2D eigenvalue weighted by atomic mass is 16.5. The van der Waals surface area contributed by atoms with Crippen molar-refractivity contribution >= 4 is 5.97 Å². The lowest BCUT2D eigenvalue weighted by molar-refractivity contribution is -0.142. The third kappa shape index (κ3) is 0.561. The summed E-state index contributed by atoms with van der Waals surface area (Å²) >= 11 is 0. The molecular formula is C9H10O2. The highest BCUT2D eigenvalue weighted by Crippen LogP contribution is 2.50. The summed E-state index contributed by atoms with van der Waals surface area (Å²) in [6, 6.07) is 0. The third-order valence-corrected chi connectivity index (χ3v) is 3.31. The van der Waals surface area contributed by atoms with Gasteiger partial charge in [-0.1, -0.05) is 12.2 Å². The molecule has 1 saturated heterocycles. The number of hydrogen-bond acceptors (Lipinski definition) is 2. The van der Waals surface area contributed by atoms with Gasteiger partial charge in [0.1, 0.15) is 0 Å². The Balaban J connectivity index is 2.03. The summed E-state index contributed by atoms with van der Waals surface area (Å²) in [6.45, 7) is 0.676. The van der Waals surface area contributed by atoms with Crippen molar-refractivity contribution in [1.82, 2.24) is 0 Å². The minimum absolute atomic E-state index is 0.0480. The number of fused-ring (bicyclic) bond motifs is 5. The number of rotatable bonds is 0. The smallest absolute Gasteiger partial charge is 0.309 e. The van der Waals surface area contributed by atoms with E-state index < -0.39 is 0 Å². The maximum Gasteiger partial charge on any atom is 0.309 e. The minimum Gasteiger partial charge on any atom is -0.465 e. The van der Waals surface area contributed by atoms with Crippen LogP contribution in [0.3, 0.4) is 0 Å². The molecule has 4 atom stereocenters. The van der Waals surface area contributed by atoms with Gasteiger partial charge >= 0.3 is 5.97 Å². The van der Waals surface area contributed by atoms with Gasteiger partial charge in [-0.25, -0.2) is 0 Å². The van der Waals surface area contributed by atoms with Crippen LogP contribution in [0, 0.1) is 23.7 Å². The van der Waals surface area contributed by atoms with E-state index in [4.69, 9.17) is 4.74 Å². The molecule has 2 unspecified atom stereocenters. The average Bonchev–Trinajstić information content (AvgIpc) is 2.60. The summed E-state index contributed by atoms with van der Waals surface area (Å²) in [4.78, 5) is 11.2. The first-order valence-electron chi connectivity index (χ1n) is 4.21. The Morgan fingerprint density at radius 1 is 1.36 bits per heavy atom. The molecule has 0 N–H and O–H groups in total. The van der Waals surface area contributed by atoms with Crippen LogP contribution >= 0.6 is 0 Å². The van der Waals surface area contributed by atoms with Crippen molar-refractivity contribution in [3.8, 4) is 0 Å². The average molecular weight is 150 g/mol. The van der Waals surface area contributed by atoms with Crippen molar-refractivity contribution in [1.29, 1.82) is 0 Å². The van der Waals surface area contributed by atoms with Gasteiger partial charge < -0.3 is 4.74 Å². The standard InChI is InChI=1S/C9H10O2/c10-9-8-6-2-1-5(3-6)7(8)4-11-9/h1-2,5-8H,3-4H2/t5-,6+,7?,8?/m0/s1.